The van der Waals surface area contributed by atoms with E-state index >= 15 is 0 Å². The van der Waals surface area contributed by atoms with Crippen molar-refractivity contribution in [2.45, 2.75) is 11.8 Å². The Labute approximate surface area is 166 Å². The highest BCUT2D eigenvalue weighted by Gasteiger charge is 2.33. The molecule has 0 saturated carbocycles. The topological polar surface area (TPSA) is 49.3 Å². The third kappa shape index (κ3) is 4.88. The Balaban J connectivity index is 2.01. The van der Waals surface area contributed by atoms with Crippen molar-refractivity contribution < 1.29 is 9.90 Å². The van der Waals surface area contributed by atoms with Crippen LogP contribution in [0.3, 0.4) is 0 Å². The van der Waals surface area contributed by atoms with Gasteiger partial charge in [-0.15, -0.1) is 0 Å². The maximum atomic E-state index is 11.1. The lowest BCUT2D eigenvalue weighted by Crippen LogP contribution is -2.41. The summed E-state index contributed by atoms with van der Waals surface area (Å²) in [6.07, 6.45) is 0.572. The zero-order valence-electron chi connectivity index (χ0n) is 15.6. The maximum absolute atomic E-state index is 11.1. The number of hydrogen-bond acceptors (Lipinski definition) is 2. The fraction of sp³-hybridized carbons (Fsp3) is 0.160. The molecule has 0 amide bonds. The number of carbonyl (C=O) groups is 1. The second-order valence-electron chi connectivity index (χ2n) is 6.66. The van der Waals surface area contributed by atoms with Gasteiger partial charge >= 0.3 is 5.97 Å². The van der Waals surface area contributed by atoms with Gasteiger partial charge in [-0.25, -0.2) is 0 Å². The molecule has 3 nitrogen and oxygen atoms in total. The predicted octanol–water partition coefficient (Wildman–Crippen LogP) is 4.09. The van der Waals surface area contributed by atoms with Gasteiger partial charge in [0, 0.05) is 23.9 Å². The van der Waals surface area contributed by atoms with Crippen molar-refractivity contribution in [1.82, 2.24) is 5.32 Å². The van der Waals surface area contributed by atoms with Crippen LogP contribution in [0.1, 0.15) is 23.1 Å². The van der Waals surface area contributed by atoms with Crippen LogP contribution < -0.4 is 5.32 Å². The van der Waals surface area contributed by atoms with Crippen molar-refractivity contribution in [3.8, 4) is 11.8 Å². The molecule has 3 aromatic rings. The van der Waals surface area contributed by atoms with Crippen LogP contribution in [-0.2, 0) is 10.2 Å². The summed E-state index contributed by atoms with van der Waals surface area (Å²) >= 11 is 0. The molecule has 0 atom stereocenters. The lowest BCUT2D eigenvalue weighted by atomic mass is 9.72. The summed E-state index contributed by atoms with van der Waals surface area (Å²) in [6.45, 7) is 0.393. The quantitative estimate of drug-likeness (QED) is 0.617. The maximum Gasteiger partial charge on any atom is 0.317 e. The number of carboxylic acids is 1. The largest absolute Gasteiger partial charge is 0.480 e. The van der Waals surface area contributed by atoms with Crippen LogP contribution in [0.4, 0.5) is 0 Å². The fourth-order valence-corrected chi connectivity index (χ4v) is 3.35. The minimum absolute atomic E-state index is 0.0898. The van der Waals surface area contributed by atoms with Gasteiger partial charge < -0.3 is 10.4 Å². The Kier molecular flexibility index (Phi) is 6.62. The molecular weight excluding hydrogens is 346 g/mol. The molecule has 0 bridgehead atoms. The van der Waals surface area contributed by atoms with Crippen molar-refractivity contribution in [3.05, 3.63) is 108 Å². The number of hydrogen-bond donors (Lipinski definition) is 2. The van der Waals surface area contributed by atoms with E-state index in [9.17, 15) is 4.79 Å². The summed E-state index contributed by atoms with van der Waals surface area (Å²) in [5.74, 6) is 5.71. The Morgan fingerprint density at radius 3 is 1.82 bits per heavy atom. The highest BCUT2D eigenvalue weighted by molar-refractivity contribution is 5.69. The first-order valence-electron chi connectivity index (χ1n) is 9.28. The normalized spacial score (nSPS) is 10.7. The van der Waals surface area contributed by atoms with Crippen LogP contribution in [0.5, 0.6) is 0 Å². The number of rotatable bonds is 7. The van der Waals surface area contributed by atoms with Gasteiger partial charge in [0.2, 0.25) is 0 Å². The molecule has 0 aliphatic rings. The third-order valence-corrected chi connectivity index (χ3v) is 4.75. The average Bonchev–Trinajstić information content (AvgIpc) is 2.74. The van der Waals surface area contributed by atoms with E-state index in [2.05, 4.69) is 41.4 Å². The van der Waals surface area contributed by atoms with E-state index in [0.717, 1.165) is 16.7 Å². The van der Waals surface area contributed by atoms with Gasteiger partial charge in [0.05, 0.1) is 6.54 Å². The highest BCUT2D eigenvalue weighted by Crippen LogP contribution is 2.35. The SMILES string of the molecule is O=C(O)CNCC(CC#Cc1ccccc1)(c1ccccc1)c1ccccc1. The summed E-state index contributed by atoms with van der Waals surface area (Å²) in [4.78, 5) is 11.1. The van der Waals surface area contributed by atoms with Crippen molar-refractivity contribution >= 4 is 5.97 Å². The van der Waals surface area contributed by atoms with Gasteiger partial charge in [-0.2, -0.15) is 0 Å². The first-order valence-corrected chi connectivity index (χ1v) is 9.28. The van der Waals surface area contributed by atoms with Crippen molar-refractivity contribution in [2.75, 3.05) is 13.1 Å². The van der Waals surface area contributed by atoms with E-state index < -0.39 is 11.4 Å². The standard InChI is InChI=1S/C25H23NO2/c27-24(28)19-26-20-25(22-14-6-2-7-15-22,23-16-8-3-9-17-23)18-10-13-21-11-4-1-5-12-21/h1-9,11-12,14-17,26H,18-20H2,(H,27,28). The summed E-state index contributed by atoms with van der Waals surface area (Å²) in [5, 5.41) is 12.2. The Morgan fingerprint density at radius 2 is 1.32 bits per heavy atom. The monoisotopic (exact) mass is 369 g/mol. The number of carboxylic acid groups (broad SMARTS) is 1. The number of nitrogens with one attached hydrogen (secondary N) is 1. The van der Waals surface area contributed by atoms with E-state index in [0.29, 0.717) is 13.0 Å². The molecule has 3 heteroatoms. The minimum Gasteiger partial charge on any atom is -0.480 e. The second-order valence-corrected chi connectivity index (χ2v) is 6.66. The molecule has 0 saturated heterocycles. The highest BCUT2D eigenvalue weighted by atomic mass is 16.4. The second kappa shape index (κ2) is 9.55. The van der Waals surface area contributed by atoms with Gasteiger partial charge in [0.25, 0.3) is 0 Å². The summed E-state index contributed by atoms with van der Waals surface area (Å²) < 4.78 is 0. The van der Waals surface area contributed by atoms with Crippen LogP contribution in [0.2, 0.25) is 0 Å². The molecule has 2 N–H and O–H groups in total. The van der Waals surface area contributed by atoms with E-state index in [-0.39, 0.29) is 6.54 Å². The molecular formula is C25H23NO2. The van der Waals surface area contributed by atoms with Crippen molar-refractivity contribution in [1.29, 1.82) is 0 Å². The van der Waals surface area contributed by atoms with E-state index in [4.69, 9.17) is 5.11 Å². The zero-order chi connectivity index (χ0) is 19.7. The Hall–Kier alpha value is -3.35. The van der Waals surface area contributed by atoms with E-state index in [1.807, 2.05) is 66.7 Å². The molecule has 0 unspecified atom stereocenters. The molecule has 0 heterocycles. The zero-order valence-corrected chi connectivity index (χ0v) is 15.6. The van der Waals surface area contributed by atoms with Gasteiger partial charge in [0.15, 0.2) is 0 Å². The van der Waals surface area contributed by atoms with Crippen molar-refractivity contribution in [2.24, 2.45) is 0 Å². The first-order chi connectivity index (χ1) is 13.7. The van der Waals surface area contributed by atoms with Gasteiger partial charge in [0.1, 0.15) is 0 Å². The van der Waals surface area contributed by atoms with E-state index in [1.165, 1.54) is 0 Å². The average molecular weight is 369 g/mol. The van der Waals surface area contributed by atoms with Gasteiger partial charge in [-0.1, -0.05) is 90.7 Å². The number of aliphatic carboxylic acids is 1. The Morgan fingerprint density at radius 1 is 0.821 bits per heavy atom. The number of benzene rings is 3. The summed E-state index contributed by atoms with van der Waals surface area (Å²) in [6, 6.07) is 30.2. The van der Waals surface area contributed by atoms with Crippen molar-refractivity contribution in [3.63, 3.8) is 0 Å². The van der Waals surface area contributed by atoms with Crippen LogP contribution in [0, 0.1) is 11.8 Å². The third-order valence-electron chi connectivity index (χ3n) is 4.75. The smallest absolute Gasteiger partial charge is 0.317 e. The van der Waals surface area contributed by atoms with Crippen LogP contribution in [0.25, 0.3) is 0 Å². The molecule has 0 fully saturated rings. The molecule has 0 aliphatic heterocycles. The lowest BCUT2D eigenvalue weighted by Gasteiger charge is -2.34. The van der Waals surface area contributed by atoms with Gasteiger partial charge in [-0.3, -0.25) is 4.79 Å². The lowest BCUT2D eigenvalue weighted by molar-refractivity contribution is -0.136. The molecule has 3 rings (SSSR count). The molecule has 0 spiro atoms. The summed E-state index contributed by atoms with van der Waals surface area (Å²) in [7, 11) is 0. The molecule has 0 radical (unpaired) electrons. The van der Waals surface area contributed by atoms with Gasteiger partial charge in [-0.05, 0) is 23.3 Å². The van der Waals surface area contributed by atoms with Crippen LogP contribution >= 0.6 is 0 Å². The molecule has 0 aromatic heterocycles. The summed E-state index contributed by atoms with van der Waals surface area (Å²) in [5.41, 5.74) is 2.75. The molecule has 140 valence electrons. The predicted molar refractivity (Wildman–Crippen MR) is 112 cm³/mol. The van der Waals surface area contributed by atoms with E-state index in [1.54, 1.807) is 0 Å². The fourth-order valence-electron chi connectivity index (χ4n) is 3.35. The molecule has 0 aliphatic carbocycles. The van der Waals surface area contributed by atoms with Crippen LogP contribution in [0.15, 0.2) is 91.0 Å². The first kappa shape index (κ1) is 19.4. The minimum atomic E-state index is -0.870. The Bertz CT molecular complexity index is 902. The molecule has 28 heavy (non-hydrogen) atoms. The molecule has 3 aromatic carbocycles. The van der Waals surface area contributed by atoms with Crippen LogP contribution in [-0.4, -0.2) is 24.2 Å².